The van der Waals surface area contributed by atoms with Crippen LogP contribution in [0.4, 0.5) is 14.5 Å². The lowest BCUT2D eigenvalue weighted by atomic mass is 10.1. The monoisotopic (exact) mass is 330 g/mol. The first-order chi connectivity index (χ1) is 11.4. The second kappa shape index (κ2) is 6.59. The Kier molecular flexibility index (Phi) is 4.51. The van der Waals surface area contributed by atoms with Crippen LogP contribution in [0.15, 0.2) is 35.3 Å². The minimum absolute atomic E-state index is 0.265. The topological polar surface area (TPSA) is 24.8 Å². The lowest BCUT2D eigenvalue weighted by Gasteiger charge is -2.13. The molecule has 1 aliphatic rings. The van der Waals surface area contributed by atoms with E-state index in [1.807, 2.05) is 39.4 Å². The van der Waals surface area contributed by atoms with Crippen LogP contribution in [0, 0.1) is 25.5 Å². The van der Waals surface area contributed by atoms with E-state index in [4.69, 9.17) is 4.74 Å². The van der Waals surface area contributed by atoms with E-state index in [2.05, 4.69) is 9.89 Å². The van der Waals surface area contributed by atoms with Crippen LogP contribution in [0.1, 0.15) is 24.0 Å². The molecule has 0 aromatic heterocycles. The van der Waals surface area contributed by atoms with Crippen LogP contribution in [0.2, 0.25) is 0 Å². The highest BCUT2D eigenvalue weighted by atomic mass is 19.2. The van der Waals surface area contributed by atoms with E-state index in [1.165, 1.54) is 18.9 Å². The summed E-state index contributed by atoms with van der Waals surface area (Å²) >= 11 is 0. The van der Waals surface area contributed by atoms with Gasteiger partial charge in [-0.15, -0.1) is 0 Å². The van der Waals surface area contributed by atoms with Crippen LogP contribution in [-0.2, 0) is 0 Å². The molecule has 0 atom stereocenters. The van der Waals surface area contributed by atoms with Gasteiger partial charge in [0.05, 0.1) is 12.0 Å². The molecule has 3 nitrogen and oxygen atoms in total. The summed E-state index contributed by atoms with van der Waals surface area (Å²) in [5.41, 5.74) is 2.71. The quantitative estimate of drug-likeness (QED) is 0.561. The van der Waals surface area contributed by atoms with Crippen LogP contribution < -0.4 is 4.74 Å². The molecule has 126 valence electrons. The highest BCUT2D eigenvalue weighted by molar-refractivity contribution is 5.65. The van der Waals surface area contributed by atoms with E-state index in [0.717, 1.165) is 28.9 Å². The summed E-state index contributed by atoms with van der Waals surface area (Å²) in [6.07, 6.45) is 4.30. The molecular formula is C19H20F2N2O. The summed E-state index contributed by atoms with van der Waals surface area (Å²) in [5, 5.41) is 0. The van der Waals surface area contributed by atoms with E-state index < -0.39 is 11.6 Å². The molecule has 0 unspecified atom stereocenters. The van der Waals surface area contributed by atoms with Gasteiger partial charge in [0.2, 0.25) is 0 Å². The second-order valence-electron chi connectivity index (χ2n) is 6.22. The predicted octanol–water partition coefficient (Wildman–Crippen LogP) is 5.13. The Balaban J connectivity index is 1.79. The SMILES string of the molecule is Cc1cc(Oc2ccc(F)c(F)c2)c(C)cc1/N=C/N(C)C1CC1. The Morgan fingerprint density at radius 3 is 2.50 bits per heavy atom. The van der Waals surface area contributed by atoms with Gasteiger partial charge < -0.3 is 9.64 Å². The number of aryl methyl sites for hydroxylation is 2. The van der Waals surface area contributed by atoms with Crippen molar-refractivity contribution < 1.29 is 13.5 Å². The van der Waals surface area contributed by atoms with Gasteiger partial charge in [0, 0.05) is 19.2 Å². The average Bonchev–Trinajstić information content (AvgIpc) is 3.37. The van der Waals surface area contributed by atoms with Crippen LogP contribution >= 0.6 is 0 Å². The normalized spacial score (nSPS) is 14.2. The van der Waals surface area contributed by atoms with Crippen molar-refractivity contribution in [1.82, 2.24) is 4.90 Å². The third kappa shape index (κ3) is 3.72. The molecule has 1 aliphatic carbocycles. The summed E-state index contributed by atoms with van der Waals surface area (Å²) < 4.78 is 32.0. The Morgan fingerprint density at radius 2 is 1.83 bits per heavy atom. The van der Waals surface area contributed by atoms with Gasteiger partial charge in [0.25, 0.3) is 0 Å². The molecule has 2 aromatic rings. The van der Waals surface area contributed by atoms with E-state index in [1.54, 1.807) is 0 Å². The van der Waals surface area contributed by atoms with Gasteiger partial charge in [-0.05, 0) is 62.1 Å². The number of rotatable bonds is 5. The number of hydrogen-bond acceptors (Lipinski definition) is 2. The van der Waals surface area contributed by atoms with Gasteiger partial charge in [-0.25, -0.2) is 13.8 Å². The molecule has 3 rings (SSSR count). The molecule has 0 amide bonds. The largest absolute Gasteiger partial charge is 0.457 e. The zero-order valence-corrected chi connectivity index (χ0v) is 14.0. The van der Waals surface area contributed by atoms with E-state index >= 15 is 0 Å². The Bertz CT molecular complexity index is 785. The first-order valence-corrected chi connectivity index (χ1v) is 7.94. The zero-order valence-electron chi connectivity index (χ0n) is 14.0. The molecule has 0 heterocycles. The maximum absolute atomic E-state index is 13.3. The molecule has 1 saturated carbocycles. The minimum atomic E-state index is -0.925. The van der Waals surface area contributed by atoms with Crippen LogP contribution in [0.25, 0.3) is 0 Å². The third-order valence-electron chi connectivity index (χ3n) is 4.11. The second-order valence-corrected chi connectivity index (χ2v) is 6.22. The molecule has 2 aromatic carbocycles. The van der Waals surface area contributed by atoms with Gasteiger partial charge in [0.15, 0.2) is 11.6 Å². The van der Waals surface area contributed by atoms with Gasteiger partial charge in [-0.3, -0.25) is 0 Å². The minimum Gasteiger partial charge on any atom is -0.457 e. The molecule has 5 heteroatoms. The van der Waals surface area contributed by atoms with E-state index in [-0.39, 0.29) is 5.75 Å². The highest BCUT2D eigenvalue weighted by Crippen LogP contribution is 2.32. The highest BCUT2D eigenvalue weighted by Gasteiger charge is 2.24. The lowest BCUT2D eigenvalue weighted by molar-refractivity contribution is 0.459. The standard InChI is InChI=1S/C19H20F2N2O/c1-12-9-19(24-15-6-7-16(20)17(21)10-15)13(2)8-18(12)22-11-23(3)14-4-5-14/h6-11,14H,4-5H2,1-3H3/b22-11+. The fourth-order valence-corrected chi connectivity index (χ4v) is 2.42. The van der Waals surface area contributed by atoms with Crippen LogP contribution in [0.3, 0.4) is 0 Å². The molecule has 0 saturated heterocycles. The molecule has 24 heavy (non-hydrogen) atoms. The van der Waals surface area contributed by atoms with Crippen molar-refractivity contribution in [2.24, 2.45) is 4.99 Å². The van der Waals surface area contributed by atoms with E-state index in [9.17, 15) is 8.78 Å². The van der Waals surface area contributed by atoms with Gasteiger partial charge in [-0.2, -0.15) is 0 Å². The molecule has 0 bridgehead atoms. The van der Waals surface area contributed by atoms with Crippen molar-refractivity contribution in [3.63, 3.8) is 0 Å². The summed E-state index contributed by atoms with van der Waals surface area (Å²) in [6, 6.07) is 7.91. The van der Waals surface area contributed by atoms with Crippen molar-refractivity contribution >= 4 is 12.0 Å². The predicted molar refractivity (Wildman–Crippen MR) is 91.3 cm³/mol. The molecule has 0 spiro atoms. The van der Waals surface area contributed by atoms with Crippen LogP contribution in [0.5, 0.6) is 11.5 Å². The lowest BCUT2D eigenvalue weighted by Crippen LogP contribution is -2.17. The average molecular weight is 330 g/mol. The van der Waals surface area contributed by atoms with Gasteiger partial charge in [-0.1, -0.05) is 0 Å². The Hall–Kier alpha value is -2.43. The smallest absolute Gasteiger partial charge is 0.162 e. The summed E-state index contributed by atoms with van der Waals surface area (Å²) in [4.78, 5) is 6.66. The van der Waals surface area contributed by atoms with E-state index in [0.29, 0.717) is 11.8 Å². The fraction of sp³-hybridized carbons (Fsp3) is 0.316. The number of nitrogens with zero attached hydrogens (tertiary/aromatic N) is 2. The Labute approximate surface area is 140 Å². The molecular weight excluding hydrogens is 310 g/mol. The van der Waals surface area contributed by atoms with Crippen molar-refractivity contribution in [2.45, 2.75) is 32.7 Å². The summed E-state index contributed by atoms with van der Waals surface area (Å²) in [5.74, 6) is -0.944. The first-order valence-electron chi connectivity index (χ1n) is 7.94. The summed E-state index contributed by atoms with van der Waals surface area (Å²) in [7, 11) is 2.03. The fourth-order valence-electron chi connectivity index (χ4n) is 2.42. The number of benzene rings is 2. The summed E-state index contributed by atoms with van der Waals surface area (Å²) in [6.45, 7) is 3.85. The number of aliphatic imine (C=N–C) groups is 1. The Morgan fingerprint density at radius 1 is 1.08 bits per heavy atom. The van der Waals surface area contributed by atoms with Crippen molar-refractivity contribution in [1.29, 1.82) is 0 Å². The number of halogens is 2. The third-order valence-corrected chi connectivity index (χ3v) is 4.11. The van der Waals surface area contributed by atoms with Gasteiger partial charge >= 0.3 is 0 Å². The van der Waals surface area contributed by atoms with Gasteiger partial charge in [0.1, 0.15) is 11.5 Å². The maximum Gasteiger partial charge on any atom is 0.162 e. The number of hydrogen-bond donors (Lipinski definition) is 0. The molecule has 0 aliphatic heterocycles. The first kappa shape index (κ1) is 16.4. The molecule has 0 radical (unpaired) electrons. The number of ether oxygens (including phenoxy) is 1. The van der Waals surface area contributed by atoms with Crippen LogP contribution in [-0.4, -0.2) is 24.3 Å². The van der Waals surface area contributed by atoms with Crippen molar-refractivity contribution in [3.05, 3.63) is 53.1 Å². The zero-order chi connectivity index (χ0) is 17.3. The molecule has 0 N–H and O–H groups in total. The van der Waals surface area contributed by atoms with Crippen molar-refractivity contribution in [3.8, 4) is 11.5 Å². The van der Waals surface area contributed by atoms with Crippen molar-refractivity contribution in [2.75, 3.05) is 7.05 Å². The molecule has 1 fully saturated rings. The maximum atomic E-state index is 13.3.